The van der Waals surface area contributed by atoms with Crippen molar-refractivity contribution in [3.63, 3.8) is 0 Å². The third-order valence-electron chi connectivity index (χ3n) is 4.15. The Labute approximate surface area is 140 Å². The summed E-state index contributed by atoms with van der Waals surface area (Å²) in [5.41, 5.74) is 0.121. The van der Waals surface area contributed by atoms with E-state index in [2.05, 4.69) is 6.08 Å². The summed E-state index contributed by atoms with van der Waals surface area (Å²) < 4.78 is 43.3. The van der Waals surface area contributed by atoms with Crippen LogP contribution in [0.5, 0.6) is 0 Å². The van der Waals surface area contributed by atoms with Gasteiger partial charge in [-0.25, -0.2) is 0 Å². The Kier molecular flexibility index (Phi) is 6.62. The van der Waals surface area contributed by atoms with Crippen LogP contribution in [0.4, 0.5) is 13.2 Å². The molecular formula is C19H20F3NO. The molecule has 0 atom stereocenters. The lowest BCUT2D eigenvalue weighted by atomic mass is 9.87. The molecule has 0 amide bonds. The first kappa shape index (κ1) is 18.3. The van der Waals surface area contributed by atoms with Crippen LogP contribution in [0.1, 0.15) is 36.8 Å². The Bertz CT molecular complexity index is 603. The molecule has 2 nitrogen and oxygen atoms in total. The van der Waals surface area contributed by atoms with Crippen LogP contribution in [0, 0.1) is 17.2 Å². The lowest BCUT2D eigenvalue weighted by Crippen LogP contribution is -2.20. The molecule has 1 aliphatic rings. The van der Waals surface area contributed by atoms with E-state index >= 15 is 0 Å². The van der Waals surface area contributed by atoms with Gasteiger partial charge >= 0.3 is 6.18 Å². The second kappa shape index (κ2) is 8.70. The number of nitrogens with zero attached hydrogens (tertiary/aromatic N) is 1. The Balaban J connectivity index is 1.74. The molecule has 24 heavy (non-hydrogen) atoms. The fourth-order valence-corrected chi connectivity index (χ4v) is 2.77. The van der Waals surface area contributed by atoms with Crippen molar-refractivity contribution in [2.75, 3.05) is 0 Å². The van der Waals surface area contributed by atoms with E-state index in [-0.39, 0.29) is 6.10 Å². The SMILES string of the molecule is N#C/C=C/C=C/[C@H]1CC[C@H](OCc2ccc(C(F)(F)F)cc2)CC1. The number of ether oxygens (including phenoxy) is 1. The average molecular weight is 335 g/mol. The lowest BCUT2D eigenvalue weighted by Gasteiger charge is -2.26. The topological polar surface area (TPSA) is 33.0 Å². The van der Waals surface area contributed by atoms with Gasteiger partial charge in [0.15, 0.2) is 0 Å². The van der Waals surface area contributed by atoms with Crippen LogP contribution in [0.2, 0.25) is 0 Å². The van der Waals surface area contributed by atoms with Crippen molar-refractivity contribution in [1.29, 1.82) is 5.26 Å². The van der Waals surface area contributed by atoms with Gasteiger partial charge in [-0.1, -0.05) is 30.4 Å². The number of hydrogen-bond acceptors (Lipinski definition) is 2. The number of rotatable bonds is 5. The molecule has 1 aliphatic carbocycles. The summed E-state index contributed by atoms with van der Waals surface area (Å²) in [6.07, 6.45) is 6.97. The first-order chi connectivity index (χ1) is 11.5. The van der Waals surface area contributed by atoms with Gasteiger partial charge in [-0.15, -0.1) is 0 Å². The summed E-state index contributed by atoms with van der Waals surface area (Å²) in [5.74, 6) is 0.499. The van der Waals surface area contributed by atoms with Crippen molar-refractivity contribution in [2.45, 2.75) is 44.6 Å². The molecule has 1 saturated carbocycles. The molecule has 1 aromatic rings. The summed E-state index contributed by atoms with van der Waals surface area (Å²) in [6.45, 7) is 0.341. The molecule has 0 bridgehead atoms. The van der Waals surface area contributed by atoms with Crippen molar-refractivity contribution in [2.24, 2.45) is 5.92 Å². The van der Waals surface area contributed by atoms with Crippen molar-refractivity contribution in [3.8, 4) is 6.07 Å². The largest absolute Gasteiger partial charge is 0.416 e. The van der Waals surface area contributed by atoms with Gasteiger partial charge in [0, 0.05) is 6.08 Å². The molecule has 1 aromatic carbocycles. The van der Waals surface area contributed by atoms with Crippen LogP contribution in [0.3, 0.4) is 0 Å². The fourth-order valence-electron chi connectivity index (χ4n) is 2.77. The fraction of sp³-hybridized carbons (Fsp3) is 0.421. The molecule has 0 spiro atoms. The quantitative estimate of drug-likeness (QED) is 0.532. The Morgan fingerprint density at radius 3 is 2.33 bits per heavy atom. The highest BCUT2D eigenvalue weighted by Crippen LogP contribution is 2.30. The zero-order chi connectivity index (χ0) is 17.4. The maximum Gasteiger partial charge on any atom is 0.416 e. The van der Waals surface area contributed by atoms with Crippen LogP contribution in [0.25, 0.3) is 0 Å². The molecule has 1 fully saturated rings. The number of nitriles is 1. The Morgan fingerprint density at radius 1 is 1.08 bits per heavy atom. The monoisotopic (exact) mass is 335 g/mol. The Hall–Kier alpha value is -2.06. The van der Waals surface area contributed by atoms with Crippen LogP contribution in [-0.4, -0.2) is 6.10 Å². The molecule has 0 radical (unpaired) electrons. The Morgan fingerprint density at radius 2 is 1.75 bits per heavy atom. The van der Waals surface area contributed by atoms with Crippen molar-refractivity contribution < 1.29 is 17.9 Å². The first-order valence-corrected chi connectivity index (χ1v) is 7.99. The summed E-state index contributed by atoms with van der Waals surface area (Å²) in [6, 6.07) is 7.07. The van der Waals surface area contributed by atoms with E-state index in [4.69, 9.17) is 10.00 Å². The maximum atomic E-state index is 12.5. The number of alkyl halides is 3. The summed E-state index contributed by atoms with van der Waals surface area (Å²) in [5, 5.41) is 8.40. The molecular weight excluding hydrogens is 315 g/mol. The molecule has 128 valence electrons. The number of halogens is 3. The second-order valence-corrected chi connectivity index (χ2v) is 5.92. The zero-order valence-corrected chi connectivity index (χ0v) is 13.3. The highest BCUT2D eigenvalue weighted by atomic mass is 19.4. The van der Waals surface area contributed by atoms with Gasteiger partial charge in [0.2, 0.25) is 0 Å². The van der Waals surface area contributed by atoms with E-state index in [1.165, 1.54) is 18.2 Å². The number of hydrogen-bond donors (Lipinski definition) is 0. The molecule has 0 aliphatic heterocycles. The lowest BCUT2D eigenvalue weighted by molar-refractivity contribution is -0.137. The standard InChI is InChI=1S/C19H20F3NO/c20-19(21,22)17-9-5-16(6-10-17)14-24-18-11-7-15(8-12-18)4-2-1-3-13-23/h1-6,9-10,15,18H,7-8,11-12,14H2/b3-1+,4-2+/t15-,18-. The highest BCUT2D eigenvalue weighted by molar-refractivity contribution is 5.24. The molecule has 0 saturated heterocycles. The van der Waals surface area contributed by atoms with Gasteiger partial charge in [0.05, 0.1) is 24.3 Å². The second-order valence-electron chi connectivity index (χ2n) is 5.92. The molecule has 0 unspecified atom stereocenters. The smallest absolute Gasteiger partial charge is 0.374 e. The predicted molar refractivity (Wildman–Crippen MR) is 85.9 cm³/mol. The minimum atomic E-state index is -4.30. The van der Waals surface area contributed by atoms with Crippen LogP contribution in [-0.2, 0) is 17.5 Å². The van der Waals surface area contributed by atoms with Crippen molar-refractivity contribution >= 4 is 0 Å². The van der Waals surface area contributed by atoms with Crippen LogP contribution < -0.4 is 0 Å². The van der Waals surface area contributed by atoms with Crippen molar-refractivity contribution in [1.82, 2.24) is 0 Å². The minimum absolute atomic E-state index is 0.159. The molecule has 2 rings (SSSR count). The third-order valence-corrected chi connectivity index (χ3v) is 4.15. The minimum Gasteiger partial charge on any atom is -0.374 e. The predicted octanol–water partition coefficient (Wildman–Crippen LogP) is 5.42. The van der Waals surface area contributed by atoms with E-state index in [0.717, 1.165) is 43.4 Å². The van der Waals surface area contributed by atoms with E-state index in [1.54, 1.807) is 6.08 Å². The van der Waals surface area contributed by atoms with Gasteiger partial charge in [-0.3, -0.25) is 0 Å². The van der Waals surface area contributed by atoms with E-state index in [9.17, 15) is 13.2 Å². The van der Waals surface area contributed by atoms with Gasteiger partial charge in [-0.05, 0) is 49.3 Å². The first-order valence-electron chi connectivity index (χ1n) is 7.99. The summed E-state index contributed by atoms with van der Waals surface area (Å²) >= 11 is 0. The summed E-state index contributed by atoms with van der Waals surface area (Å²) in [7, 11) is 0. The van der Waals surface area contributed by atoms with Crippen LogP contribution >= 0.6 is 0 Å². The summed E-state index contributed by atoms with van der Waals surface area (Å²) in [4.78, 5) is 0. The van der Waals surface area contributed by atoms with E-state index < -0.39 is 11.7 Å². The average Bonchev–Trinajstić information content (AvgIpc) is 2.57. The maximum absolute atomic E-state index is 12.5. The van der Waals surface area contributed by atoms with E-state index in [0.29, 0.717) is 12.5 Å². The highest BCUT2D eigenvalue weighted by Gasteiger charge is 2.30. The number of benzene rings is 1. The number of allylic oxidation sites excluding steroid dienone is 4. The molecule has 0 aromatic heterocycles. The van der Waals surface area contributed by atoms with Gasteiger partial charge < -0.3 is 4.74 Å². The molecule has 0 N–H and O–H groups in total. The molecule has 0 heterocycles. The van der Waals surface area contributed by atoms with E-state index in [1.807, 2.05) is 12.1 Å². The van der Waals surface area contributed by atoms with Gasteiger partial charge in [0.25, 0.3) is 0 Å². The van der Waals surface area contributed by atoms with Crippen LogP contribution in [0.15, 0.2) is 48.6 Å². The van der Waals surface area contributed by atoms with Gasteiger partial charge in [0.1, 0.15) is 0 Å². The zero-order valence-electron chi connectivity index (χ0n) is 13.3. The molecule has 5 heteroatoms. The normalized spacial score (nSPS) is 22.1. The van der Waals surface area contributed by atoms with Crippen molar-refractivity contribution in [3.05, 3.63) is 59.7 Å². The van der Waals surface area contributed by atoms with Gasteiger partial charge in [-0.2, -0.15) is 18.4 Å². The third kappa shape index (κ3) is 5.86.